The zero-order valence-electron chi connectivity index (χ0n) is 9.84. The van der Waals surface area contributed by atoms with Crippen molar-refractivity contribution in [3.63, 3.8) is 0 Å². The molecule has 0 aromatic heterocycles. The molecule has 0 radical (unpaired) electrons. The van der Waals surface area contributed by atoms with Gasteiger partial charge in [-0.1, -0.05) is 18.2 Å². The van der Waals surface area contributed by atoms with Crippen LogP contribution in [0.25, 0.3) is 0 Å². The molecular weight excluding hydrogens is 236 g/mol. The van der Waals surface area contributed by atoms with Gasteiger partial charge in [0.15, 0.2) is 9.84 Å². The highest BCUT2D eigenvalue weighted by Gasteiger charge is 2.35. The minimum atomic E-state index is -3.14. The molecule has 1 heterocycles. The normalized spacial score (nSPS) is 18.9. The number of hydrogen-bond donors (Lipinski definition) is 0. The highest BCUT2D eigenvalue weighted by molar-refractivity contribution is 7.91. The number of anilines is 1. The Bertz CT molecular complexity index is 587. The molecule has 0 fully saturated rings. The summed E-state index contributed by atoms with van der Waals surface area (Å²) in [5.74, 6) is 0. The molecule has 2 rings (SSSR count). The van der Waals surface area contributed by atoms with Gasteiger partial charge in [-0.25, -0.2) is 8.42 Å². The molecule has 0 saturated heterocycles. The van der Waals surface area contributed by atoms with E-state index in [4.69, 9.17) is 5.26 Å². The highest BCUT2D eigenvalue weighted by atomic mass is 32.2. The molecule has 1 atom stereocenters. The van der Waals surface area contributed by atoms with Crippen molar-refractivity contribution >= 4 is 15.5 Å². The first kappa shape index (κ1) is 11.9. The third kappa shape index (κ3) is 2.01. The Hall–Kier alpha value is -1.54. The van der Waals surface area contributed by atoms with E-state index in [0.29, 0.717) is 6.54 Å². The molecule has 0 bridgehead atoms. The number of fused-ring (bicyclic) bond motifs is 1. The number of nitriles is 1. The van der Waals surface area contributed by atoms with E-state index in [1.807, 2.05) is 30.0 Å². The van der Waals surface area contributed by atoms with Crippen molar-refractivity contribution < 1.29 is 8.42 Å². The molecule has 0 spiro atoms. The van der Waals surface area contributed by atoms with Gasteiger partial charge in [0.1, 0.15) is 11.8 Å². The molecule has 4 nitrogen and oxygen atoms in total. The zero-order valence-corrected chi connectivity index (χ0v) is 10.7. The van der Waals surface area contributed by atoms with Crippen molar-refractivity contribution in [2.24, 2.45) is 0 Å². The molecule has 5 heteroatoms. The highest BCUT2D eigenvalue weighted by Crippen LogP contribution is 2.40. The Morgan fingerprint density at radius 1 is 1.53 bits per heavy atom. The van der Waals surface area contributed by atoms with E-state index < -0.39 is 15.1 Å². The second kappa shape index (κ2) is 4.04. The van der Waals surface area contributed by atoms with E-state index >= 15 is 0 Å². The minimum Gasteiger partial charge on any atom is -0.356 e. The third-order valence-corrected chi connectivity index (χ3v) is 4.53. The Labute approximate surface area is 101 Å². The van der Waals surface area contributed by atoms with Crippen molar-refractivity contribution in [2.75, 3.05) is 24.2 Å². The summed E-state index contributed by atoms with van der Waals surface area (Å²) in [6.07, 6.45) is 1.25. The Morgan fingerprint density at radius 2 is 2.24 bits per heavy atom. The van der Waals surface area contributed by atoms with E-state index in [-0.39, 0.29) is 6.54 Å². The Kier molecular flexibility index (Phi) is 2.84. The third-order valence-electron chi connectivity index (χ3n) is 3.10. The maximum absolute atomic E-state index is 11.7. The molecule has 17 heavy (non-hydrogen) atoms. The monoisotopic (exact) mass is 250 g/mol. The van der Waals surface area contributed by atoms with E-state index in [1.54, 1.807) is 0 Å². The smallest absolute Gasteiger partial charge is 0.156 e. The molecular formula is C12H14N2O2S. The maximum atomic E-state index is 11.7. The van der Waals surface area contributed by atoms with Gasteiger partial charge in [0.25, 0.3) is 0 Å². The molecule has 1 aliphatic heterocycles. The second-order valence-corrected chi connectivity index (χ2v) is 6.60. The summed E-state index contributed by atoms with van der Waals surface area (Å²) in [5, 5.41) is 8.28. The van der Waals surface area contributed by atoms with Gasteiger partial charge in [-0.05, 0) is 18.1 Å². The van der Waals surface area contributed by atoms with Gasteiger partial charge >= 0.3 is 0 Å². The first-order valence-corrected chi connectivity index (χ1v) is 7.31. The molecule has 1 aromatic rings. The summed E-state index contributed by atoms with van der Waals surface area (Å²) < 4.78 is 23.5. The number of sulfone groups is 1. The topological polar surface area (TPSA) is 61.2 Å². The van der Waals surface area contributed by atoms with Gasteiger partial charge in [0.2, 0.25) is 0 Å². The molecule has 0 aliphatic carbocycles. The van der Waals surface area contributed by atoms with Gasteiger partial charge in [0, 0.05) is 18.5 Å². The first-order chi connectivity index (χ1) is 7.95. The van der Waals surface area contributed by atoms with E-state index in [0.717, 1.165) is 16.8 Å². The second-order valence-electron chi connectivity index (χ2n) is 4.37. The van der Waals surface area contributed by atoms with Crippen LogP contribution in [0, 0.1) is 18.3 Å². The van der Waals surface area contributed by atoms with E-state index in [9.17, 15) is 8.42 Å². The van der Waals surface area contributed by atoms with Gasteiger partial charge in [0.05, 0.1) is 6.07 Å². The fourth-order valence-electron chi connectivity index (χ4n) is 2.36. The number of para-hydroxylation sites is 1. The number of rotatable bonds is 2. The van der Waals surface area contributed by atoms with Crippen molar-refractivity contribution in [3.05, 3.63) is 29.3 Å². The number of nitrogens with zero attached hydrogens (tertiary/aromatic N) is 2. The van der Waals surface area contributed by atoms with Crippen LogP contribution in [-0.4, -0.2) is 27.8 Å². The van der Waals surface area contributed by atoms with Gasteiger partial charge in [-0.2, -0.15) is 5.26 Å². The fraction of sp³-hybridized carbons (Fsp3) is 0.417. The Balaban J connectivity index is 2.57. The lowest BCUT2D eigenvalue weighted by atomic mass is 10.1. The average Bonchev–Trinajstić information content (AvgIpc) is 2.59. The molecule has 0 N–H and O–H groups in total. The largest absolute Gasteiger partial charge is 0.356 e. The first-order valence-electron chi connectivity index (χ1n) is 5.35. The van der Waals surface area contributed by atoms with Gasteiger partial charge < -0.3 is 4.90 Å². The van der Waals surface area contributed by atoms with Crippen LogP contribution in [0.15, 0.2) is 18.2 Å². The fourth-order valence-corrected chi connectivity index (χ4v) is 3.46. The van der Waals surface area contributed by atoms with E-state index in [1.165, 1.54) is 6.26 Å². The van der Waals surface area contributed by atoms with Gasteiger partial charge in [-0.15, -0.1) is 0 Å². The van der Waals surface area contributed by atoms with Gasteiger partial charge in [-0.3, -0.25) is 0 Å². The minimum absolute atomic E-state index is 0.226. The molecule has 90 valence electrons. The lowest BCUT2D eigenvalue weighted by Crippen LogP contribution is -2.24. The van der Waals surface area contributed by atoms with Crippen molar-refractivity contribution in [1.82, 2.24) is 0 Å². The quantitative estimate of drug-likeness (QED) is 0.745. The molecule has 0 saturated carbocycles. The van der Waals surface area contributed by atoms with Crippen LogP contribution in [0.3, 0.4) is 0 Å². The predicted octanol–water partition coefficient (Wildman–Crippen LogP) is 1.42. The van der Waals surface area contributed by atoms with Crippen molar-refractivity contribution in [2.45, 2.75) is 12.2 Å². The lowest BCUT2D eigenvalue weighted by Gasteiger charge is -2.17. The number of benzene rings is 1. The number of hydrogen-bond acceptors (Lipinski definition) is 4. The van der Waals surface area contributed by atoms with Crippen LogP contribution >= 0.6 is 0 Å². The summed E-state index contributed by atoms with van der Waals surface area (Å²) in [5.41, 5.74) is 2.75. The van der Waals surface area contributed by atoms with E-state index in [2.05, 4.69) is 6.07 Å². The summed E-state index contributed by atoms with van der Waals surface area (Å²) in [6.45, 7) is 2.55. The van der Waals surface area contributed by atoms with Crippen LogP contribution in [0.4, 0.5) is 5.69 Å². The standard InChI is InChI=1S/C12H14N2O2S/c1-9-4-3-5-10-11(17(2,15)16)8-14(7-6-13)12(9)10/h3-5,11H,7-8H2,1-2H3. The van der Waals surface area contributed by atoms with Crippen LogP contribution in [0.1, 0.15) is 16.4 Å². The van der Waals surface area contributed by atoms with Crippen LogP contribution in [-0.2, 0) is 9.84 Å². The van der Waals surface area contributed by atoms with Crippen LogP contribution in [0.2, 0.25) is 0 Å². The molecule has 0 amide bonds. The van der Waals surface area contributed by atoms with Crippen LogP contribution < -0.4 is 4.90 Å². The molecule has 1 unspecified atom stereocenters. The summed E-state index contributed by atoms with van der Waals surface area (Å²) in [6, 6.07) is 7.72. The average molecular weight is 250 g/mol. The summed E-state index contributed by atoms with van der Waals surface area (Å²) in [7, 11) is -3.14. The lowest BCUT2D eigenvalue weighted by molar-refractivity contribution is 0.590. The molecule has 1 aliphatic rings. The predicted molar refractivity (Wildman–Crippen MR) is 66.6 cm³/mol. The summed E-state index contributed by atoms with van der Waals surface area (Å²) in [4.78, 5) is 1.84. The summed E-state index contributed by atoms with van der Waals surface area (Å²) >= 11 is 0. The Morgan fingerprint density at radius 3 is 2.82 bits per heavy atom. The SMILES string of the molecule is Cc1cccc2c1N(CC#N)CC2S(C)(=O)=O. The van der Waals surface area contributed by atoms with Crippen LogP contribution in [0.5, 0.6) is 0 Å². The number of aryl methyl sites for hydroxylation is 1. The maximum Gasteiger partial charge on any atom is 0.156 e. The zero-order chi connectivity index (χ0) is 12.6. The van der Waals surface area contributed by atoms with Crippen molar-refractivity contribution in [3.8, 4) is 6.07 Å². The van der Waals surface area contributed by atoms with Crippen molar-refractivity contribution in [1.29, 1.82) is 5.26 Å². The molecule has 1 aromatic carbocycles.